The fraction of sp³-hybridized carbons (Fsp3) is 0.308. The van der Waals surface area contributed by atoms with Gasteiger partial charge in [0.2, 0.25) is 5.60 Å². The molecule has 1 aliphatic heterocycles. The summed E-state index contributed by atoms with van der Waals surface area (Å²) in [4.78, 5) is 32.0. The van der Waals surface area contributed by atoms with Gasteiger partial charge in [-0.2, -0.15) is 0 Å². The summed E-state index contributed by atoms with van der Waals surface area (Å²) < 4.78 is 0. The number of aromatic nitrogens is 2. The minimum atomic E-state index is -2.08. The lowest BCUT2D eigenvalue weighted by molar-refractivity contribution is -0.152. The van der Waals surface area contributed by atoms with Crippen molar-refractivity contribution in [2.45, 2.75) is 18.6 Å². The second-order valence-electron chi connectivity index (χ2n) is 4.90. The van der Waals surface area contributed by atoms with Gasteiger partial charge in [-0.15, -0.1) is 0 Å². The number of carbonyl (C=O) groups is 2. The summed E-state index contributed by atoms with van der Waals surface area (Å²) in [5.41, 5.74) is 4.68. The highest BCUT2D eigenvalue weighted by atomic mass is 16.3. The molecule has 1 unspecified atom stereocenters. The predicted molar refractivity (Wildman–Crippen MR) is 70.3 cm³/mol. The molecule has 1 atom stereocenters. The van der Waals surface area contributed by atoms with Gasteiger partial charge in [0.05, 0.1) is 17.6 Å². The Morgan fingerprint density at radius 3 is 2.90 bits per heavy atom. The SMILES string of the molecule is NC(=O)C1(O)CCN(Cc2nc3ccccc3[nH]2)C1=O. The first-order chi connectivity index (χ1) is 9.50. The molecular formula is C13H14N4O3. The van der Waals surface area contributed by atoms with Crippen LogP contribution in [0.1, 0.15) is 12.2 Å². The molecule has 3 rings (SSSR count). The zero-order valence-electron chi connectivity index (χ0n) is 10.7. The number of para-hydroxylation sites is 2. The molecule has 7 nitrogen and oxygen atoms in total. The maximum absolute atomic E-state index is 12.0. The second-order valence-corrected chi connectivity index (χ2v) is 4.90. The molecule has 1 saturated heterocycles. The highest BCUT2D eigenvalue weighted by Crippen LogP contribution is 2.24. The van der Waals surface area contributed by atoms with Crippen molar-refractivity contribution in [1.29, 1.82) is 0 Å². The quantitative estimate of drug-likeness (QED) is 0.655. The lowest BCUT2D eigenvalue weighted by atomic mass is 10.0. The van der Waals surface area contributed by atoms with Crippen LogP contribution in [-0.4, -0.2) is 43.9 Å². The van der Waals surface area contributed by atoms with Crippen molar-refractivity contribution in [2.75, 3.05) is 6.54 Å². The fourth-order valence-corrected chi connectivity index (χ4v) is 2.41. The number of nitrogens with zero attached hydrogens (tertiary/aromatic N) is 2. The molecule has 2 heterocycles. The van der Waals surface area contributed by atoms with Crippen LogP contribution in [0.25, 0.3) is 11.0 Å². The van der Waals surface area contributed by atoms with E-state index in [0.29, 0.717) is 5.82 Å². The first kappa shape index (κ1) is 12.6. The molecular weight excluding hydrogens is 260 g/mol. The number of rotatable bonds is 3. The van der Waals surface area contributed by atoms with E-state index in [2.05, 4.69) is 9.97 Å². The van der Waals surface area contributed by atoms with Crippen LogP contribution in [0.5, 0.6) is 0 Å². The number of H-pyrrole nitrogens is 1. The molecule has 0 radical (unpaired) electrons. The van der Waals surface area contributed by atoms with E-state index in [1.54, 1.807) is 0 Å². The molecule has 2 amide bonds. The van der Waals surface area contributed by atoms with Gasteiger partial charge in [0.15, 0.2) is 0 Å². The molecule has 0 saturated carbocycles. The molecule has 0 aliphatic carbocycles. The average molecular weight is 274 g/mol. The van der Waals surface area contributed by atoms with Crippen molar-refractivity contribution in [2.24, 2.45) is 5.73 Å². The van der Waals surface area contributed by atoms with Crippen LogP contribution in [0.2, 0.25) is 0 Å². The largest absolute Gasteiger partial charge is 0.372 e. The number of fused-ring (bicyclic) bond motifs is 1. The number of nitrogens with two attached hydrogens (primary N) is 1. The number of nitrogens with one attached hydrogen (secondary N) is 1. The van der Waals surface area contributed by atoms with Gasteiger partial charge in [0.1, 0.15) is 5.82 Å². The third-order valence-corrected chi connectivity index (χ3v) is 3.57. The van der Waals surface area contributed by atoms with E-state index in [4.69, 9.17) is 5.73 Å². The normalized spacial score (nSPS) is 22.6. The van der Waals surface area contributed by atoms with Crippen LogP contribution in [0, 0.1) is 0 Å². The van der Waals surface area contributed by atoms with Gasteiger partial charge >= 0.3 is 0 Å². The number of hydrogen-bond acceptors (Lipinski definition) is 4. The molecule has 7 heteroatoms. The number of primary amides is 1. The van der Waals surface area contributed by atoms with E-state index in [1.165, 1.54) is 4.90 Å². The van der Waals surface area contributed by atoms with Gasteiger partial charge < -0.3 is 20.7 Å². The van der Waals surface area contributed by atoms with Crippen LogP contribution >= 0.6 is 0 Å². The highest BCUT2D eigenvalue weighted by Gasteiger charge is 2.50. The van der Waals surface area contributed by atoms with E-state index in [0.717, 1.165) is 11.0 Å². The number of carbonyl (C=O) groups excluding carboxylic acids is 2. The smallest absolute Gasteiger partial charge is 0.264 e. The van der Waals surface area contributed by atoms with Crippen LogP contribution in [0.15, 0.2) is 24.3 Å². The Bertz CT molecular complexity index is 663. The van der Waals surface area contributed by atoms with Crippen LogP contribution in [0.3, 0.4) is 0 Å². The standard InChI is InChI=1S/C13H14N4O3/c14-11(18)13(20)5-6-17(12(13)19)7-10-15-8-3-1-2-4-9(8)16-10/h1-4,20H,5-7H2,(H2,14,18)(H,15,16). The topological polar surface area (TPSA) is 112 Å². The van der Waals surface area contributed by atoms with Crippen LogP contribution in [0.4, 0.5) is 0 Å². The van der Waals surface area contributed by atoms with Crippen molar-refractivity contribution < 1.29 is 14.7 Å². The van der Waals surface area contributed by atoms with Gasteiger partial charge in [0, 0.05) is 13.0 Å². The van der Waals surface area contributed by atoms with Gasteiger partial charge in [-0.25, -0.2) is 4.98 Å². The maximum Gasteiger partial charge on any atom is 0.264 e. The number of aliphatic hydroxyl groups is 1. The van der Waals surface area contributed by atoms with Crippen molar-refractivity contribution in [3.63, 3.8) is 0 Å². The molecule has 0 bridgehead atoms. The first-order valence-electron chi connectivity index (χ1n) is 6.26. The number of benzene rings is 1. The second kappa shape index (κ2) is 4.31. The Morgan fingerprint density at radius 1 is 1.50 bits per heavy atom. The molecule has 20 heavy (non-hydrogen) atoms. The summed E-state index contributed by atoms with van der Waals surface area (Å²) in [5.74, 6) is -1.06. The number of imidazole rings is 1. The Morgan fingerprint density at radius 2 is 2.25 bits per heavy atom. The summed E-state index contributed by atoms with van der Waals surface area (Å²) in [7, 11) is 0. The average Bonchev–Trinajstić information content (AvgIpc) is 2.95. The van der Waals surface area contributed by atoms with Crippen LogP contribution in [-0.2, 0) is 16.1 Å². The molecule has 1 fully saturated rings. The van der Waals surface area contributed by atoms with Crippen molar-refractivity contribution >= 4 is 22.8 Å². The summed E-state index contributed by atoms with van der Waals surface area (Å²) in [5, 5.41) is 9.93. The molecule has 1 aliphatic rings. The molecule has 0 spiro atoms. The maximum atomic E-state index is 12.0. The van der Waals surface area contributed by atoms with E-state index in [9.17, 15) is 14.7 Å². The van der Waals surface area contributed by atoms with Gasteiger partial charge in [-0.05, 0) is 12.1 Å². The summed E-state index contributed by atoms with van der Waals surface area (Å²) >= 11 is 0. The number of hydrogen-bond donors (Lipinski definition) is 3. The van der Waals surface area contributed by atoms with Crippen LogP contribution < -0.4 is 5.73 Å². The van der Waals surface area contributed by atoms with Crippen molar-refractivity contribution in [3.05, 3.63) is 30.1 Å². The van der Waals surface area contributed by atoms with Crippen molar-refractivity contribution in [3.8, 4) is 0 Å². The van der Waals surface area contributed by atoms with Crippen molar-refractivity contribution in [1.82, 2.24) is 14.9 Å². The summed E-state index contributed by atoms with van der Waals surface area (Å²) in [6.07, 6.45) is 0.0153. The zero-order valence-corrected chi connectivity index (χ0v) is 10.7. The number of likely N-dealkylation sites (tertiary alicyclic amines) is 1. The Hall–Kier alpha value is -2.41. The molecule has 1 aromatic carbocycles. The molecule has 2 aromatic rings. The first-order valence-corrected chi connectivity index (χ1v) is 6.26. The Kier molecular flexibility index (Phi) is 2.72. The lowest BCUT2D eigenvalue weighted by Gasteiger charge is -2.18. The molecule has 104 valence electrons. The third kappa shape index (κ3) is 1.83. The minimum Gasteiger partial charge on any atom is -0.372 e. The Labute approximate surface area is 114 Å². The minimum absolute atomic E-state index is 0.0153. The van der Waals surface area contributed by atoms with E-state index < -0.39 is 17.4 Å². The van der Waals surface area contributed by atoms with Gasteiger partial charge in [0.25, 0.3) is 11.8 Å². The van der Waals surface area contributed by atoms with Gasteiger partial charge in [-0.1, -0.05) is 12.1 Å². The van der Waals surface area contributed by atoms with E-state index in [1.807, 2.05) is 24.3 Å². The van der Waals surface area contributed by atoms with E-state index in [-0.39, 0.29) is 19.5 Å². The Balaban J connectivity index is 1.82. The molecule has 1 aromatic heterocycles. The third-order valence-electron chi connectivity index (χ3n) is 3.57. The number of aromatic amines is 1. The lowest BCUT2D eigenvalue weighted by Crippen LogP contribution is -2.50. The van der Waals surface area contributed by atoms with Gasteiger partial charge in [-0.3, -0.25) is 9.59 Å². The summed E-state index contributed by atoms with van der Waals surface area (Å²) in [6, 6.07) is 7.51. The molecule has 4 N–H and O–H groups in total. The predicted octanol–water partition coefficient (Wildman–Crippen LogP) is -0.488. The fourth-order valence-electron chi connectivity index (χ4n) is 2.41. The highest BCUT2D eigenvalue weighted by molar-refractivity contribution is 6.08. The van der Waals surface area contributed by atoms with E-state index >= 15 is 0 Å². The monoisotopic (exact) mass is 274 g/mol. The number of amides is 2. The summed E-state index contributed by atoms with van der Waals surface area (Å²) in [6.45, 7) is 0.485. The zero-order chi connectivity index (χ0) is 14.3.